The van der Waals surface area contributed by atoms with Gasteiger partial charge in [-0.3, -0.25) is 24.2 Å². The van der Waals surface area contributed by atoms with Crippen LogP contribution in [0.2, 0.25) is 10.0 Å². The number of aromatic amines is 2. The lowest BCUT2D eigenvalue weighted by molar-refractivity contribution is -0.152. The molecule has 0 radical (unpaired) electrons. The number of carbonyl (C=O) groups excluding carboxylic acids is 4. The van der Waals surface area contributed by atoms with Gasteiger partial charge in [-0.15, -0.1) is 0 Å². The number of amides is 3. The molecule has 0 saturated carbocycles. The Labute approximate surface area is 471 Å². The first kappa shape index (κ1) is 57.4. The number of hydrogen-bond donors (Lipinski definition) is 3. The fourth-order valence-electron chi connectivity index (χ4n) is 12.3. The van der Waals surface area contributed by atoms with Crippen molar-refractivity contribution in [3.63, 3.8) is 0 Å². The second kappa shape index (κ2) is 27.3. The molecule has 3 N–H and O–H groups in total. The number of H-pyrrole nitrogens is 2. The van der Waals surface area contributed by atoms with E-state index >= 15 is 0 Å². The maximum atomic E-state index is 13.4. The molecule has 4 aliphatic heterocycles. The van der Waals surface area contributed by atoms with Crippen molar-refractivity contribution < 1.29 is 37.4 Å². The molecule has 4 aromatic carbocycles. The van der Waals surface area contributed by atoms with Gasteiger partial charge in [0.1, 0.15) is 23.7 Å². The number of anilines is 1. The Morgan fingerprint density at radius 2 is 1.08 bits per heavy atom. The number of hydrogen-bond acceptors (Lipinski definition) is 8. The van der Waals surface area contributed by atoms with E-state index in [1.807, 2.05) is 24.8 Å². The maximum absolute atomic E-state index is 13.4. The Hall–Kier alpha value is -6.26. The average Bonchev–Trinajstić information content (AvgIpc) is 4.20. The number of nitrogens with one attached hydrogen (secondary N) is 3. The molecule has 2 atom stereocenters. The summed E-state index contributed by atoms with van der Waals surface area (Å²) in [4.78, 5) is 66.6. The van der Waals surface area contributed by atoms with Crippen molar-refractivity contribution in [2.24, 2.45) is 11.8 Å². The van der Waals surface area contributed by atoms with Crippen LogP contribution < -0.4 is 5.32 Å². The van der Waals surface area contributed by atoms with Crippen LogP contribution in [0.5, 0.6) is 0 Å². The van der Waals surface area contributed by atoms with Gasteiger partial charge in [0.25, 0.3) is 0 Å². The summed E-state index contributed by atoms with van der Waals surface area (Å²) in [5, 5.41) is 6.35. The number of benzene rings is 4. The topological polar surface area (TPSA) is 143 Å². The number of piperidine rings is 4. The fraction of sp³-hybridized carbons (Fsp3) is 0.452. The van der Waals surface area contributed by atoms with Gasteiger partial charge in [-0.2, -0.15) is 0 Å². The van der Waals surface area contributed by atoms with Crippen molar-refractivity contribution in [3.05, 3.63) is 142 Å². The molecule has 3 amide bonds. The van der Waals surface area contributed by atoms with Gasteiger partial charge in [0, 0.05) is 78.2 Å². The van der Waals surface area contributed by atoms with Gasteiger partial charge in [-0.05, 0) is 193 Å². The van der Waals surface area contributed by atoms with Gasteiger partial charge >= 0.3 is 18.0 Å². The third-order valence-corrected chi connectivity index (χ3v) is 17.3. The van der Waals surface area contributed by atoms with Crippen molar-refractivity contribution >= 4 is 80.6 Å². The number of para-hydroxylation sites is 2. The van der Waals surface area contributed by atoms with Crippen LogP contribution in [0, 0.1) is 23.5 Å². The lowest BCUT2D eigenvalue weighted by atomic mass is 9.86. The summed E-state index contributed by atoms with van der Waals surface area (Å²) in [5.74, 6) is -0.189. The Bertz CT molecular complexity index is 3040. The quantitative estimate of drug-likeness (QED) is 0.0681. The number of halogens is 4. The number of carbonyl (C=O) groups is 4. The average molecular weight is 1120 g/mol. The largest absolute Gasteiger partial charge is 0.465 e. The zero-order chi connectivity index (χ0) is 55.4. The number of urea groups is 1. The third kappa shape index (κ3) is 14.8. The first-order valence-electron chi connectivity index (χ1n) is 28.2. The molecule has 10 rings (SSSR count). The van der Waals surface area contributed by atoms with Crippen molar-refractivity contribution in [2.75, 3.05) is 70.9 Å². The van der Waals surface area contributed by atoms with Crippen molar-refractivity contribution in [2.45, 2.75) is 102 Å². The predicted molar refractivity (Wildman–Crippen MR) is 308 cm³/mol. The van der Waals surface area contributed by atoms with E-state index in [-0.39, 0.29) is 36.0 Å². The van der Waals surface area contributed by atoms with Crippen LogP contribution >= 0.6 is 23.2 Å². The van der Waals surface area contributed by atoms with Gasteiger partial charge in [0.05, 0.1) is 23.3 Å². The Morgan fingerprint density at radius 1 is 0.608 bits per heavy atom. The molecular formula is C62H73Cl2F2N7O6. The maximum Gasteiger partial charge on any atom is 0.323 e. The number of fused-ring (bicyclic) bond motifs is 2. The lowest BCUT2D eigenvalue weighted by Crippen LogP contribution is -2.48. The van der Waals surface area contributed by atoms with E-state index in [2.05, 4.69) is 79.9 Å². The number of rotatable bonds is 15. The van der Waals surface area contributed by atoms with E-state index in [1.54, 1.807) is 23.1 Å². The molecule has 6 aromatic rings. The summed E-state index contributed by atoms with van der Waals surface area (Å²) in [6.07, 6.45) is 15.9. The molecule has 13 nitrogen and oxygen atoms in total. The molecule has 0 spiro atoms. The smallest absolute Gasteiger partial charge is 0.323 e. The number of esters is 2. The molecule has 17 heteroatoms. The Balaban J connectivity index is 0.000000192. The molecule has 4 fully saturated rings. The summed E-state index contributed by atoms with van der Waals surface area (Å²) in [6.45, 7) is 10.4. The van der Waals surface area contributed by atoms with Crippen LogP contribution in [0.15, 0.2) is 103 Å². The molecule has 2 unspecified atom stereocenters. The van der Waals surface area contributed by atoms with Gasteiger partial charge in [0.2, 0.25) is 5.91 Å². The monoisotopic (exact) mass is 1120 g/mol. The summed E-state index contributed by atoms with van der Waals surface area (Å²) in [7, 11) is 0. The SMILES string of the molecule is CCOC(=O)C(CC1CCN(C(=O)/C=C/c2cc(F)cc(F)c2)CC1)N1CCC(c2c[nH]c3ccccc23)CC1.CCOC(=O)C(CC1CCN(C(=O)Nc2ccc(Cl)c(Cl)c2)CC1)N1CCC(c2c[nH]c3ccccc23)CC1. The first-order chi connectivity index (χ1) is 38.3. The van der Waals surface area contributed by atoms with E-state index in [4.69, 9.17) is 32.7 Å². The van der Waals surface area contributed by atoms with Gasteiger partial charge in [-0.1, -0.05) is 59.6 Å². The van der Waals surface area contributed by atoms with E-state index in [1.165, 1.54) is 51.7 Å². The minimum absolute atomic E-state index is 0.122. The zero-order valence-electron chi connectivity index (χ0n) is 45.2. The standard InChI is InChI=1S/C32H37F2N3O3.C30H36Cl2N4O3/c1-2-40-32(39)30(36-15-11-24(12-16-36)28-21-35-29-6-4-3-5-27(28)29)19-22-9-13-37(14-10-22)31(38)8-7-23-17-25(33)20-26(34)18-23;1-2-39-29(37)28(35-15-11-21(12-16-35)24-19-33-27-6-4-3-5-23(24)27)17-20-9-13-36(14-10-20)30(38)34-22-7-8-25(31)26(32)18-22/h3-8,17-18,20-22,24,30,35H,2,9-16,19H2,1H3;3-8,18-21,28,33H,2,9-17H2,1H3,(H,34,38)/b8-7+;. The molecule has 4 aliphatic rings. The highest BCUT2D eigenvalue weighted by molar-refractivity contribution is 6.42. The number of aromatic nitrogens is 2. The van der Waals surface area contributed by atoms with Crippen molar-refractivity contribution in [3.8, 4) is 0 Å². The van der Waals surface area contributed by atoms with Crippen LogP contribution in [0.25, 0.3) is 27.9 Å². The molecule has 420 valence electrons. The van der Waals surface area contributed by atoms with E-state index in [0.29, 0.717) is 84.4 Å². The van der Waals surface area contributed by atoms with Crippen LogP contribution in [0.1, 0.15) is 107 Å². The highest BCUT2D eigenvalue weighted by Crippen LogP contribution is 2.37. The van der Waals surface area contributed by atoms with Crippen LogP contribution in [-0.4, -0.2) is 131 Å². The summed E-state index contributed by atoms with van der Waals surface area (Å²) in [6, 6.07) is 24.4. The van der Waals surface area contributed by atoms with Crippen molar-refractivity contribution in [1.82, 2.24) is 29.6 Å². The Kier molecular flexibility index (Phi) is 19.8. The lowest BCUT2D eigenvalue weighted by Gasteiger charge is -2.39. The van der Waals surface area contributed by atoms with Gasteiger partial charge in [-0.25, -0.2) is 13.6 Å². The fourth-order valence-corrected chi connectivity index (χ4v) is 12.6. The molecule has 4 saturated heterocycles. The molecule has 0 aliphatic carbocycles. The summed E-state index contributed by atoms with van der Waals surface area (Å²) < 4.78 is 37.9. The van der Waals surface area contributed by atoms with Gasteiger partial charge < -0.3 is 34.6 Å². The normalized spacial score (nSPS) is 18.4. The predicted octanol–water partition coefficient (Wildman–Crippen LogP) is 12.8. The first-order valence-corrected chi connectivity index (χ1v) is 29.0. The number of nitrogens with zero attached hydrogens (tertiary/aromatic N) is 4. The van der Waals surface area contributed by atoms with Crippen LogP contribution in [-0.2, 0) is 23.9 Å². The van der Waals surface area contributed by atoms with E-state index in [0.717, 1.165) is 102 Å². The highest BCUT2D eigenvalue weighted by Gasteiger charge is 2.37. The minimum atomic E-state index is -0.675. The minimum Gasteiger partial charge on any atom is -0.465 e. The number of likely N-dealkylation sites (tertiary alicyclic amines) is 4. The molecule has 0 bridgehead atoms. The summed E-state index contributed by atoms with van der Waals surface area (Å²) in [5.41, 5.74) is 6.01. The molecule has 2 aromatic heterocycles. The highest BCUT2D eigenvalue weighted by atomic mass is 35.5. The molecule has 79 heavy (non-hydrogen) atoms. The second-order valence-electron chi connectivity index (χ2n) is 21.5. The number of ether oxygens (including phenoxy) is 2. The van der Waals surface area contributed by atoms with Gasteiger partial charge in [0.15, 0.2) is 0 Å². The van der Waals surface area contributed by atoms with Crippen molar-refractivity contribution in [1.29, 1.82) is 0 Å². The molecular weight excluding hydrogens is 1050 g/mol. The van der Waals surface area contributed by atoms with E-state index < -0.39 is 11.6 Å². The molecule has 6 heterocycles. The summed E-state index contributed by atoms with van der Waals surface area (Å²) >= 11 is 12.1. The van der Waals surface area contributed by atoms with Crippen LogP contribution in [0.3, 0.4) is 0 Å². The van der Waals surface area contributed by atoms with Crippen LogP contribution in [0.4, 0.5) is 19.3 Å². The van der Waals surface area contributed by atoms with E-state index in [9.17, 15) is 28.0 Å². The Morgan fingerprint density at radius 3 is 1.54 bits per heavy atom. The third-order valence-electron chi connectivity index (χ3n) is 16.6. The second-order valence-corrected chi connectivity index (χ2v) is 22.3. The zero-order valence-corrected chi connectivity index (χ0v) is 46.8.